The molecule has 0 fully saturated rings. The first-order valence-electron chi connectivity index (χ1n) is 8.16. The third-order valence-corrected chi connectivity index (χ3v) is 4.33. The van der Waals surface area contributed by atoms with Gasteiger partial charge in [0.25, 0.3) is 5.91 Å². The summed E-state index contributed by atoms with van der Waals surface area (Å²) in [5.74, 6) is -0.0732. The van der Waals surface area contributed by atoms with Gasteiger partial charge < -0.3 is 9.73 Å². The Morgan fingerprint density at radius 1 is 1.00 bits per heavy atom. The summed E-state index contributed by atoms with van der Waals surface area (Å²) in [6.07, 6.45) is 1.71. The molecular formula is C21H15ClN2O2. The van der Waals surface area contributed by atoms with Crippen LogP contribution in [0.5, 0.6) is 0 Å². The summed E-state index contributed by atoms with van der Waals surface area (Å²) in [6, 6.07) is 21.9. The van der Waals surface area contributed by atoms with E-state index < -0.39 is 0 Å². The van der Waals surface area contributed by atoms with E-state index in [1.807, 2.05) is 48.5 Å². The van der Waals surface area contributed by atoms with Crippen LogP contribution in [0.4, 0.5) is 0 Å². The predicted molar refractivity (Wildman–Crippen MR) is 101 cm³/mol. The summed E-state index contributed by atoms with van der Waals surface area (Å²) >= 11 is 6.00. The highest BCUT2D eigenvalue weighted by atomic mass is 35.5. The highest BCUT2D eigenvalue weighted by Gasteiger charge is 2.21. The first-order valence-corrected chi connectivity index (χ1v) is 8.54. The number of carbonyl (C=O) groups excluding carboxylic acids is 1. The zero-order chi connectivity index (χ0) is 17.9. The van der Waals surface area contributed by atoms with Crippen molar-refractivity contribution >= 4 is 28.5 Å². The number of amides is 1. The fourth-order valence-corrected chi connectivity index (χ4v) is 3.03. The van der Waals surface area contributed by atoms with Crippen LogP contribution in [0.1, 0.15) is 27.9 Å². The Labute approximate surface area is 155 Å². The lowest BCUT2D eigenvalue weighted by atomic mass is 10.0. The second-order valence-electron chi connectivity index (χ2n) is 5.86. The summed E-state index contributed by atoms with van der Waals surface area (Å²) in [5.41, 5.74) is 2.32. The van der Waals surface area contributed by atoms with Gasteiger partial charge >= 0.3 is 0 Å². The molecule has 1 unspecified atom stereocenters. The summed E-state index contributed by atoms with van der Waals surface area (Å²) in [7, 11) is 0. The molecule has 5 heteroatoms. The van der Waals surface area contributed by atoms with Gasteiger partial charge in [0.1, 0.15) is 5.58 Å². The third kappa shape index (κ3) is 3.32. The largest absolute Gasteiger partial charge is 0.451 e. The summed E-state index contributed by atoms with van der Waals surface area (Å²) in [4.78, 5) is 17.2. The van der Waals surface area contributed by atoms with Gasteiger partial charge in [0.2, 0.25) is 0 Å². The van der Waals surface area contributed by atoms with Crippen LogP contribution in [0, 0.1) is 0 Å². The van der Waals surface area contributed by atoms with E-state index in [1.54, 1.807) is 30.5 Å². The zero-order valence-electron chi connectivity index (χ0n) is 13.7. The molecule has 26 heavy (non-hydrogen) atoms. The van der Waals surface area contributed by atoms with Crippen LogP contribution in [-0.4, -0.2) is 10.9 Å². The van der Waals surface area contributed by atoms with E-state index in [1.165, 1.54) is 0 Å². The molecular weight excluding hydrogens is 348 g/mol. The number of hydrogen-bond acceptors (Lipinski definition) is 3. The molecule has 1 amide bonds. The van der Waals surface area contributed by atoms with Gasteiger partial charge in [-0.25, -0.2) is 0 Å². The number of halogens is 1. The van der Waals surface area contributed by atoms with Gasteiger partial charge in [-0.05, 0) is 42.0 Å². The minimum Gasteiger partial charge on any atom is -0.451 e. The van der Waals surface area contributed by atoms with Crippen molar-refractivity contribution in [1.29, 1.82) is 0 Å². The van der Waals surface area contributed by atoms with Crippen molar-refractivity contribution in [1.82, 2.24) is 10.3 Å². The highest BCUT2D eigenvalue weighted by molar-refractivity contribution is 6.31. The number of hydrogen-bond donors (Lipinski definition) is 1. The highest BCUT2D eigenvalue weighted by Crippen LogP contribution is 2.25. The van der Waals surface area contributed by atoms with Crippen LogP contribution in [0.15, 0.2) is 83.4 Å². The quantitative estimate of drug-likeness (QED) is 0.555. The maximum absolute atomic E-state index is 12.8. The smallest absolute Gasteiger partial charge is 0.287 e. The fraction of sp³-hybridized carbons (Fsp3) is 0.0476. The second kappa shape index (κ2) is 7.02. The lowest BCUT2D eigenvalue weighted by Crippen LogP contribution is -2.29. The molecule has 0 aliphatic heterocycles. The number of nitrogens with zero attached hydrogens (tertiary/aromatic N) is 1. The van der Waals surface area contributed by atoms with E-state index >= 15 is 0 Å². The molecule has 1 N–H and O–H groups in total. The molecule has 0 spiro atoms. The number of aromatic nitrogens is 1. The van der Waals surface area contributed by atoms with Crippen molar-refractivity contribution < 1.29 is 9.21 Å². The predicted octanol–water partition coefficient (Wildman–Crippen LogP) is 5.00. The molecule has 0 bridgehead atoms. The third-order valence-electron chi connectivity index (χ3n) is 4.09. The van der Waals surface area contributed by atoms with Crippen LogP contribution < -0.4 is 5.32 Å². The Morgan fingerprint density at radius 2 is 1.81 bits per heavy atom. The summed E-state index contributed by atoms with van der Waals surface area (Å²) in [5, 5.41) is 4.40. The number of pyridine rings is 1. The molecule has 0 saturated heterocycles. The van der Waals surface area contributed by atoms with Crippen LogP contribution >= 0.6 is 11.6 Å². The molecule has 0 radical (unpaired) electrons. The van der Waals surface area contributed by atoms with Crippen LogP contribution in [0.3, 0.4) is 0 Å². The minimum absolute atomic E-state index is 0.235. The van der Waals surface area contributed by atoms with E-state index in [2.05, 4.69) is 10.3 Å². The second-order valence-corrected chi connectivity index (χ2v) is 6.30. The van der Waals surface area contributed by atoms with Crippen LogP contribution in [0.2, 0.25) is 5.02 Å². The van der Waals surface area contributed by atoms with Crippen molar-refractivity contribution in [2.24, 2.45) is 0 Å². The van der Waals surface area contributed by atoms with E-state index in [-0.39, 0.29) is 17.7 Å². The van der Waals surface area contributed by atoms with Gasteiger partial charge in [-0.1, -0.05) is 48.0 Å². The Hall–Kier alpha value is -3.11. The Balaban J connectivity index is 1.67. The molecule has 4 nitrogen and oxygen atoms in total. The number of fused-ring (bicyclic) bond motifs is 1. The molecule has 2 aromatic heterocycles. The van der Waals surface area contributed by atoms with Crippen molar-refractivity contribution in [3.05, 3.63) is 101 Å². The summed E-state index contributed by atoms with van der Waals surface area (Å²) in [6.45, 7) is 0. The number of carbonyl (C=O) groups is 1. The maximum Gasteiger partial charge on any atom is 0.287 e. The normalized spacial score (nSPS) is 12.0. The zero-order valence-corrected chi connectivity index (χ0v) is 14.5. The summed E-state index contributed by atoms with van der Waals surface area (Å²) < 4.78 is 5.67. The van der Waals surface area contributed by atoms with Gasteiger partial charge in [0.15, 0.2) is 5.76 Å². The van der Waals surface area contributed by atoms with Crippen molar-refractivity contribution in [2.75, 3.05) is 0 Å². The van der Waals surface area contributed by atoms with Gasteiger partial charge in [-0.15, -0.1) is 0 Å². The maximum atomic E-state index is 12.8. The molecule has 1 atom stereocenters. The van der Waals surface area contributed by atoms with Gasteiger partial charge in [0, 0.05) is 16.6 Å². The van der Waals surface area contributed by atoms with Gasteiger partial charge in [0.05, 0.1) is 11.7 Å². The molecule has 4 rings (SSSR count). The van der Waals surface area contributed by atoms with E-state index in [0.29, 0.717) is 10.6 Å². The first kappa shape index (κ1) is 16.4. The topological polar surface area (TPSA) is 55.1 Å². The van der Waals surface area contributed by atoms with E-state index in [4.69, 9.17) is 16.0 Å². The van der Waals surface area contributed by atoms with E-state index in [9.17, 15) is 4.79 Å². The molecule has 128 valence electrons. The number of benzene rings is 2. The first-order chi connectivity index (χ1) is 12.7. The fourth-order valence-electron chi connectivity index (χ4n) is 2.85. The van der Waals surface area contributed by atoms with E-state index in [0.717, 1.165) is 16.6 Å². The molecule has 4 aromatic rings. The Kier molecular flexibility index (Phi) is 4.42. The molecule has 0 aliphatic rings. The standard InChI is InChI=1S/C21H15ClN2O2/c22-16-9-10-18-15(12-16)13-19(26-18)21(25)24-20(14-6-2-1-3-7-14)17-8-4-5-11-23-17/h1-13,20H,(H,24,25). The van der Waals surface area contributed by atoms with Crippen LogP contribution in [0.25, 0.3) is 11.0 Å². The van der Waals surface area contributed by atoms with Gasteiger partial charge in [-0.2, -0.15) is 0 Å². The van der Waals surface area contributed by atoms with Crippen LogP contribution in [-0.2, 0) is 0 Å². The average Bonchev–Trinajstić information content (AvgIpc) is 3.10. The number of furan rings is 1. The molecule has 0 saturated carbocycles. The lowest BCUT2D eigenvalue weighted by Gasteiger charge is -2.18. The average molecular weight is 363 g/mol. The Morgan fingerprint density at radius 3 is 2.58 bits per heavy atom. The number of nitrogens with one attached hydrogen (secondary N) is 1. The SMILES string of the molecule is O=C(NC(c1ccccc1)c1ccccn1)c1cc2cc(Cl)ccc2o1. The number of rotatable bonds is 4. The molecule has 2 aromatic carbocycles. The van der Waals surface area contributed by atoms with Crippen molar-refractivity contribution in [3.63, 3.8) is 0 Å². The molecule has 2 heterocycles. The molecule has 0 aliphatic carbocycles. The monoisotopic (exact) mass is 362 g/mol. The van der Waals surface area contributed by atoms with Gasteiger partial charge in [-0.3, -0.25) is 9.78 Å². The van der Waals surface area contributed by atoms with Crippen molar-refractivity contribution in [3.8, 4) is 0 Å². The van der Waals surface area contributed by atoms with Crippen molar-refractivity contribution in [2.45, 2.75) is 6.04 Å². The minimum atomic E-state index is -0.373. The Bertz CT molecular complexity index is 1010. The lowest BCUT2D eigenvalue weighted by molar-refractivity contribution is 0.0916.